The van der Waals surface area contributed by atoms with Gasteiger partial charge in [-0.3, -0.25) is 9.48 Å². The molecule has 7 nitrogen and oxygen atoms in total. The van der Waals surface area contributed by atoms with E-state index in [1.54, 1.807) is 12.1 Å². The van der Waals surface area contributed by atoms with E-state index in [0.717, 1.165) is 16.9 Å². The summed E-state index contributed by atoms with van der Waals surface area (Å²) in [5, 5.41) is 11.0. The number of esters is 1. The molecule has 0 N–H and O–H groups in total. The third-order valence-electron chi connectivity index (χ3n) is 3.34. The molecular formula is C16H13F3N4O3. The predicted octanol–water partition coefficient (Wildman–Crippen LogP) is 3.26. The molecule has 2 aromatic heterocycles. The van der Waals surface area contributed by atoms with Crippen LogP contribution in [-0.4, -0.2) is 25.9 Å². The highest BCUT2D eigenvalue weighted by Crippen LogP contribution is 2.27. The number of halogens is 3. The number of alkyl halides is 3. The molecule has 3 aromatic rings. The van der Waals surface area contributed by atoms with Crippen LogP contribution in [0.5, 0.6) is 0 Å². The van der Waals surface area contributed by atoms with Crippen molar-refractivity contribution in [2.75, 3.05) is 0 Å². The molecule has 136 valence electrons. The Bertz CT molecular complexity index is 890. The number of carbonyl (C=O) groups excluding carboxylic acids is 1. The van der Waals surface area contributed by atoms with E-state index in [1.165, 1.54) is 6.92 Å². The van der Waals surface area contributed by atoms with E-state index in [0.29, 0.717) is 5.56 Å². The zero-order chi connectivity index (χ0) is 18.7. The lowest BCUT2D eigenvalue weighted by atomic mass is 10.2. The third kappa shape index (κ3) is 4.08. The van der Waals surface area contributed by atoms with E-state index in [9.17, 15) is 18.0 Å². The van der Waals surface area contributed by atoms with Gasteiger partial charge in [0.15, 0.2) is 11.8 Å². The summed E-state index contributed by atoms with van der Waals surface area (Å²) in [6, 6.07) is 9.79. The lowest BCUT2D eigenvalue weighted by molar-refractivity contribution is -0.151. The lowest BCUT2D eigenvalue weighted by Crippen LogP contribution is -2.17. The minimum absolute atomic E-state index is 0.0775. The van der Waals surface area contributed by atoms with Gasteiger partial charge in [-0.15, -0.1) is 10.2 Å². The topological polar surface area (TPSA) is 83.0 Å². The standard InChI is InChI=1S/C16H13F3N4O3/c1-10(14-20-21-15(26-14)11-5-3-2-4-6-11)25-13(24)9-23-8-7-12(22-23)16(17,18)19/h2-8,10H,9H2,1H3. The Hall–Kier alpha value is -3.17. The maximum absolute atomic E-state index is 12.5. The van der Waals surface area contributed by atoms with Gasteiger partial charge in [0.05, 0.1) is 0 Å². The van der Waals surface area contributed by atoms with E-state index < -0.39 is 30.5 Å². The summed E-state index contributed by atoms with van der Waals surface area (Å²) >= 11 is 0. The first-order valence-corrected chi connectivity index (χ1v) is 7.52. The predicted molar refractivity (Wildman–Crippen MR) is 81.5 cm³/mol. The van der Waals surface area contributed by atoms with Crippen LogP contribution < -0.4 is 0 Å². The summed E-state index contributed by atoms with van der Waals surface area (Å²) in [5.41, 5.74) is -0.372. The Kier molecular flexibility index (Phi) is 4.74. The molecule has 1 atom stereocenters. The normalized spacial score (nSPS) is 12.8. The second-order valence-corrected chi connectivity index (χ2v) is 5.34. The first kappa shape index (κ1) is 17.6. The van der Waals surface area contributed by atoms with Gasteiger partial charge < -0.3 is 9.15 Å². The van der Waals surface area contributed by atoms with E-state index in [-0.39, 0.29) is 11.8 Å². The van der Waals surface area contributed by atoms with Gasteiger partial charge in [-0.2, -0.15) is 18.3 Å². The Balaban J connectivity index is 1.61. The molecule has 0 saturated carbocycles. The van der Waals surface area contributed by atoms with Gasteiger partial charge in [0.1, 0.15) is 6.54 Å². The first-order chi connectivity index (χ1) is 12.3. The van der Waals surface area contributed by atoms with E-state index in [4.69, 9.17) is 9.15 Å². The summed E-state index contributed by atoms with van der Waals surface area (Å²) in [6.45, 7) is 1.05. The Morgan fingerprint density at radius 3 is 2.62 bits per heavy atom. The number of hydrogen-bond acceptors (Lipinski definition) is 6. The number of carbonyl (C=O) groups is 1. The molecule has 2 heterocycles. The quantitative estimate of drug-likeness (QED) is 0.645. The average molecular weight is 366 g/mol. The van der Waals surface area contributed by atoms with Crippen LogP contribution >= 0.6 is 0 Å². The third-order valence-corrected chi connectivity index (χ3v) is 3.34. The van der Waals surface area contributed by atoms with Crippen molar-refractivity contribution in [1.82, 2.24) is 20.0 Å². The first-order valence-electron chi connectivity index (χ1n) is 7.52. The van der Waals surface area contributed by atoms with Crippen molar-refractivity contribution in [3.63, 3.8) is 0 Å². The van der Waals surface area contributed by atoms with Gasteiger partial charge in [0.25, 0.3) is 5.89 Å². The van der Waals surface area contributed by atoms with Crippen LogP contribution in [0.4, 0.5) is 13.2 Å². The van der Waals surface area contributed by atoms with Gasteiger partial charge in [-0.1, -0.05) is 18.2 Å². The molecule has 0 aliphatic carbocycles. The molecular weight excluding hydrogens is 353 g/mol. The fourth-order valence-electron chi connectivity index (χ4n) is 2.11. The fraction of sp³-hybridized carbons (Fsp3) is 0.250. The molecule has 0 aliphatic heterocycles. The highest BCUT2D eigenvalue weighted by molar-refractivity contribution is 5.69. The van der Waals surface area contributed by atoms with Gasteiger partial charge in [-0.05, 0) is 25.1 Å². The lowest BCUT2D eigenvalue weighted by Gasteiger charge is -2.09. The molecule has 0 amide bonds. The monoisotopic (exact) mass is 366 g/mol. The zero-order valence-corrected chi connectivity index (χ0v) is 13.5. The smallest absolute Gasteiger partial charge is 0.435 e. The highest BCUT2D eigenvalue weighted by Gasteiger charge is 2.33. The minimum Gasteiger partial charge on any atom is -0.451 e. The van der Waals surface area contributed by atoms with Crippen molar-refractivity contribution in [2.45, 2.75) is 25.7 Å². The van der Waals surface area contributed by atoms with Crippen LogP contribution in [0.1, 0.15) is 24.6 Å². The van der Waals surface area contributed by atoms with Crippen LogP contribution in [0.25, 0.3) is 11.5 Å². The van der Waals surface area contributed by atoms with Gasteiger partial charge in [-0.25, -0.2) is 0 Å². The molecule has 3 rings (SSSR count). The van der Waals surface area contributed by atoms with Crippen molar-refractivity contribution in [1.29, 1.82) is 0 Å². The molecule has 26 heavy (non-hydrogen) atoms. The van der Waals surface area contributed by atoms with E-state index >= 15 is 0 Å². The zero-order valence-electron chi connectivity index (χ0n) is 13.5. The van der Waals surface area contributed by atoms with Crippen molar-refractivity contribution in [3.8, 4) is 11.5 Å². The molecule has 0 saturated heterocycles. The summed E-state index contributed by atoms with van der Waals surface area (Å²) in [5.74, 6) is -0.437. The largest absolute Gasteiger partial charge is 0.451 e. The molecule has 0 bridgehead atoms. The number of nitrogens with zero attached hydrogens (tertiary/aromatic N) is 4. The average Bonchev–Trinajstić information content (AvgIpc) is 3.24. The van der Waals surface area contributed by atoms with Crippen molar-refractivity contribution >= 4 is 5.97 Å². The molecule has 0 spiro atoms. The second-order valence-electron chi connectivity index (χ2n) is 5.34. The molecule has 0 aliphatic rings. The number of ether oxygens (including phenoxy) is 1. The number of aromatic nitrogens is 4. The van der Waals surface area contributed by atoms with Crippen molar-refractivity contribution in [3.05, 3.63) is 54.2 Å². The summed E-state index contributed by atoms with van der Waals surface area (Å²) in [6.07, 6.45) is -4.38. The summed E-state index contributed by atoms with van der Waals surface area (Å²) < 4.78 is 48.9. The SMILES string of the molecule is CC(OC(=O)Cn1ccc(C(F)(F)F)n1)c1nnc(-c2ccccc2)o1. The molecule has 0 radical (unpaired) electrons. The fourth-order valence-corrected chi connectivity index (χ4v) is 2.11. The molecule has 10 heteroatoms. The number of hydrogen-bond donors (Lipinski definition) is 0. The summed E-state index contributed by atoms with van der Waals surface area (Å²) in [4.78, 5) is 11.9. The second kappa shape index (κ2) is 6.98. The van der Waals surface area contributed by atoms with Crippen molar-refractivity contribution < 1.29 is 27.1 Å². The van der Waals surface area contributed by atoms with E-state index in [1.807, 2.05) is 18.2 Å². The van der Waals surface area contributed by atoms with E-state index in [2.05, 4.69) is 15.3 Å². The number of benzene rings is 1. The Morgan fingerprint density at radius 2 is 1.96 bits per heavy atom. The van der Waals surface area contributed by atoms with Crippen molar-refractivity contribution in [2.24, 2.45) is 0 Å². The maximum atomic E-state index is 12.5. The molecule has 1 unspecified atom stereocenters. The Labute approximate surface area is 145 Å². The van der Waals surface area contributed by atoms with Crippen LogP contribution in [0.2, 0.25) is 0 Å². The highest BCUT2D eigenvalue weighted by atomic mass is 19.4. The van der Waals surface area contributed by atoms with Crippen LogP contribution in [0.15, 0.2) is 47.0 Å². The minimum atomic E-state index is -4.57. The summed E-state index contributed by atoms with van der Waals surface area (Å²) in [7, 11) is 0. The van der Waals surface area contributed by atoms with Gasteiger partial charge in [0.2, 0.25) is 5.89 Å². The van der Waals surface area contributed by atoms with Crippen LogP contribution in [0.3, 0.4) is 0 Å². The number of rotatable bonds is 5. The van der Waals surface area contributed by atoms with Gasteiger partial charge >= 0.3 is 12.1 Å². The molecule has 0 fully saturated rings. The van der Waals surface area contributed by atoms with Crippen LogP contribution in [0, 0.1) is 0 Å². The Morgan fingerprint density at radius 1 is 1.23 bits per heavy atom. The van der Waals surface area contributed by atoms with Crippen LogP contribution in [-0.2, 0) is 22.3 Å². The van der Waals surface area contributed by atoms with Gasteiger partial charge in [0, 0.05) is 11.8 Å². The molecule has 1 aromatic carbocycles. The maximum Gasteiger partial charge on any atom is 0.435 e.